The minimum Gasteiger partial charge on any atom is -0.465 e. The predicted molar refractivity (Wildman–Crippen MR) is 79.0 cm³/mol. The van der Waals surface area contributed by atoms with Gasteiger partial charge in [0.1, 0.15) is 0 Å². The lowest BCUT2D eigenvalue weighted by Crippen LogP contribution is -2.42. The minimum absolute atomic E-state index is 0.0711. The van der Waals surface area contributed by atoms with Crippen LogP contribution in [0.3, 0.4) is 0 Å². The molecule has 21 heavy (non-hydrogen) atoms. The maximum Gasteiger partial charge on any atom is 0.337 e. The topological polar surface area (TPSA) is 76.7 Å². The molecule has 1 aromatic carbocycles. The second-order valence-corrected chi connectivity index (χ2v) is 4.57. The van der Waals surface area contributed by atoms with Gasteiger partial charge in [-0.15, -0.1) is 0 Å². The molecule has 0 aliphatic heterocycles. The smallest absolute Gasteiger partial charge is 0.337 e. The van der Waals surface area contributed by atoms with Gasteiger partial charge < -0.3 is 20.1 Å². The number of hydrogen-bond acceptors (Lipinski definition) is 5. The summed E-state index contributed by atoms with van der Waals surface area (Å²) in [5, 5.41) is 5.88. The highest BCUT2D eigenvalue weighted by atomic mass is 16.5. The Labute approximate surface area is 124 Å². The van der Waals surface area contributed by atoms with Crippen LogP contribution in [0.15, 0.2) is 24.3 Å². The van der Waals surface area contributed by atoms with Crippen LogP contribution in [-0.4, -0.2) is 45.3 Å². The standard InChI is InChI=1S/C15H22N2O4/c1-11(14(18)16-8-9-20-2)17-10-12-4-6-13(7-5-12)15(19)21-3/h4-7,11,17H,8-10H2,1-3H3,(H,16,18). The molecule has 0 aromatic heterocycles. The van der Waals surface area contributed by atoms with Crippen molar-refractivity contribution in [1.29, 1.82) is 0 Å². The van der Waals surface area contributed by atoms with Crippen LogP contribution in [0, 0.1) is 0 Å². The first-order valence-electron chi connectivity index (χ1n) is 6.75. The van der Waals surface area contributed by atoms with Gasteiger partial charge in [0.25, 0.3) is 0 Å². The van der Waals surface area contributed by atoms with Crippen LogP contribution in [0.5, 0.6) is 0 Å². The number of carbonyl (C=O) groups is 2. The van der Waals surface area contributed by atoms with Crippen LogP contribution in [0.4, 0.5) is 0 Å². The van der Waals surface area contributed by atoms with E-state index in [1.807, 2.05) is 12.1 Å². The van der Waals surface area contributed by atoms with Gasteiger partial charge in [0.05, 0.1) is 25.3 Å². The van der Waals surface area contributed by atoms with Crippen molar-refractivity contribution < 1.29 is 19.1 Å². The van der Waals surface area contributed by atoms with Gasteiger partial charge in [-0.25, -0.2) is 4.79 Å². The number of hydrogen-bond donors (Lipinski definition) is 2. The van der Waals surface area contributed by atoms with E-state index in [1.165, 1.54) is 7.11 Å². The van der Waals surface area contributed by atoms with Crippen molar-refractivity contribution in [2.45, 2.75) is 19.5 Å². The van der Waals surface area contributed by atoms with Crippen LogP contribution in [0.1, 0.15) is 22.8 Å². The predicted octanol–water partition coefficient (Wildman–Crippen LogP) is 0.714. The minimum atomic E-state index is -0.361. The van der Waals surface area contributed by atoms with Crippen molar-refractivity contribution >= 4 is 11.9 Å². The maximum atomic E-state index is 11.7. The first kappa shape index (κ1) is 17.1. The molecule has 1 amide bonds. The number of amides is 1. The third-order valence-corrected chi connectivity index (χ3v) is 2.99. The zero-order chi connectivity index (χ0) is 15.7. The van der Waals surface area contributed by atoms with E-state index in [0.29, 0.717) is 25.3 Å². The molecule has 0 bridgehead atoms. The van der Waals surface area contributed by atoms with Crippen molar-refractivity contribution in [2.75, 3.05) is 27.4 Å². The number of methoxy groups -OCH3 is 2. The molecule has 0 aliphatic rings. The molecule has 0 heterocycles. The average molecular weight is 294 g/mol. The summed E-state index contributed by atoms with van der Waals surface area (Å²) >= 11 is 0. The highest BCUT2D eigenvalue weighted by Crippen LogP contribution is 2.05. The Morgan fingerprint density at radius 2 is 1.86 bits per heavy atom. The highest BCUT2D eigenvalue weighted by Gasteiger charge is 2.11. The van der Waals surface area contributed by atoms with Gasteiger partial charge in [0.15, 0.2) is 0 Å². The van der Waals surface area contributed by atoms with E-state index in [2.05, 4.69) is 15.4 Å². The summed E-state index contributed by atoms with van der Waals surface area (Å²) < 4.78 is 9.50. The number of rotatable bonds is 8. The van der Waals surface area contributed by atoms with Gasteiger partial charge in [0.2, 0.25) is 5.91 Å². The van der Waals surface area contributed by atoms with Crippen LogP contribution >= 0.6 is 0 Å². The molecule has 1 atom stereocenters. The van der Waals surface area contributed by atoms with E-state index < -0.39 is 0 Å². The lowest BCUT2D eigenvalue weighted by molar-refractivity contribution is -0.122. The molecule has 0 spiro atoms. The molecule has 0 aliphatic carbocycles. The number of nitrogens with one attached hydrogen (secondary N) is 2. The van der Waals surface area contributed by atoms with Crippen molar-refractivity contribution in [3.05, 3.63) is 35.4 Å². The summed E-state index contributed by atoms with van der Waals surface area (Å²) in [6, 6.07) is 6.75. The first-order valence-corrected chi connectivity index (χ1v) is 6.75. The third-order valence-electron chi connectivity index (χ3n) is 2.99. The first-order chi connectivity index (χ1) is 10.1. The molecular weight excluding hydrogens is 272 g/mol. The Balaban J connectivity index is 2.40. The van der Waals surface area contributed by atoms with Gasteiger partial charge in [-0.3, -0.25) is 4.79 Å². The second-order valence-electron chi connectivity index (χ2n) is 4.57. The van der Waals surface area contributed by atoms with Crippen LogP contribution < -0.4 is 10.6 Å². The molecule has 0 saturated carbocycles. The van der Waals surface area contributed by atoms with Gasteiger partial charge in [-0.1, -0.05) is 12.1 Å². The molecule has 1 aromatic rings. The fraction of sp³-hybridized carbons (Fsp3) is 0.467. The summed E-state index contributed by atoms with van der Waals surface area (Å²) in [4.78, 5) is 23.0. The van der Waals surface area contributed by atoms with Gasteiger partial charge in [-0.2, -0.15) is 0 Å². The van der Waals surface area contributed by atoms with E-state index >= 15 is 0 Å². The van der Waals surface area contributed by atoms with Crippen LogP contribution in [0.2, 0.25) is 0 Å². The fourth-order valence-electron chi connectivity index (χ4n) is 1.67. The largest absolute Gasteiger partial charge is 0.465 e. The Hall–Kier alpha value is -1.92. The Morgan fingerprint density at radius 1 is 1.19 bits per heavy atom. The van der Waals surface area contributed by atoms with E-state index in [4.69, 9.17) is 4.74 Å². The zero-order valence-corrected chi connectivity index (χ0v) is 12.6. The summed E-state index contributed by atoms with van der Waals surface area (Å²) in [5.41, 5.74) is 1.49. The molecule has 0 saturated heterocycles. The van der Waals surface area contributed by atoms with Crippen molar-refractivity contribution in [1.82, 2.24) is 10.6 Å². The van der Waals surface area contributed by atoms with Crippen molar-refractivity contribution in [3.63, 3.8) is 0 Å². The molecule has 0 radical (unpaired) electrons. The van der Waals surface area contributed by atoms with Gasteiger partial charge in [-0.05, 0) is 24.6 Å². The molecule has 2 N–H and O–H groups in total. The highest BCUT2D eigenvalue weighted by molar-refractivity contribution is 5.89. The third kappa shape index (κ3) is 5.93. The number of esters is 1. The van der Waals surface area contributed by atoms with Crippen LogP contribution in [-0.2, 0) is 20.8 Å². The average Bonchev–Trinajstić information content (AvgIpc) is 2.52. The van der Waals surface area contributed by atoms with E-state index in [9.17, 15) is 9.59 Å². The second kappa shape index (κ2) is 9.10. The van der Waals surface area contributed by atoms with Crippen molar-refractivity contribution in [2.24, 2.45) is 0 Å². The quantitative estimate of drug-likeness (QED) is 0.545. The molecule has 116 valence electrons. The lowest BCUT2D eigenvalue weighted by atomic mass is 10.1. The summed E-state index contributed by atoms with van der Waals surface area (Å²) in [5.74, 6) is -0.432. The monoisotopic (exact) mass is 294 g/mol. The molecule has 0 fully saturated rings. The zero-order valence-electron chi connectivity index (χ0n) is 12.6. The molecule has 1 unspecified atom stereocenters. The Morgan fingerprint density at radius 3 is 2.43 bits per heavy atom. The SMILES string of the molecule is COCCNC(=O)C(C)NCc1ccc(C(=O)OC)cc1. The molecule has 6 heteroatoms. The lowest BCUT2D eigenvalue weighted by Gasteiger charge is -2.14. The molecular formula is C15H22N2O4. The maximum absolute atomic E-state index is 11.7. The number of ether oxygens (including phenoxy) is 2. The number of carbonyl (C=O) groups excluding carboxylic acids is 2. The van der Waals surface area contributed by atoms with E-state index in [0.717, 1.165) is 5.56 Å². The van der Waals surface area contributed by atoms with E-state index in [-0.39, 0.29) is 17.9 Å². The van der Waals surface area contributed by atoms with Crippen molar-refractivity contribution in [3.8, 4) is 0 Å². The molecule has 6 nitrogen and oxygen atoms in total. The van der Waals surface area contributed by atoms with Gasteiger partial charge in [0, 0.05) is 20.2 Å². The van der Waals surface area contributed by atoms with E-state index in [1.54, 1.807) is 26.2 Å². The fourth-order valence-corrected chi connectivity index (χ4v) is 1.67. The summed E-state index contributed by atoms with van der Waals surface area (Å²) in [7, 11) is 2.94. The number of benzene rings is 1. The van der Waals surface area contributed by atoms with Crippen LogP contribution in [0.25, 0.3) is 0 Å². The van der Waals surface area contributed by atoms with Gasteiger partial charge >= 0.3 is 5.97 Å². The Bertz CT molecular complexity index is 459. The Kier molecular flexibility index (Phi) is 7.42. The molecule has 1 rings (SSSR count). The summed E-state index contributed by atoms with van der Waals surface area (Å²) in [6.45, 7) is 3.33. The normalized spacial score (nSPS) is 11.8. The summed E-state index contributed by atoms with van der Waals surface area (Å²) in [6.07, 6.45) is 0.